The molecule has 0 fully saturated rings. The van der Waals surface area contributed by atoms with E-state index in [9.17, 15) is 14.4 Å². The van der Waals surface area contributed by atoms with Crippen molar-refractivity contribution >= 4 is 23.4 Å². The molecule has 0 saturated carbocycles. The van der Waals surface area contributed by atoms with Crippen molar-refractivity contribution in [3.8, 4) is 11.3 Å². The number of H-pyrrole nitrogens is 1. The van der Waals surface area contributed by atoms with Gasteiger partial charge < -0.3 is 5.32 Å². The quantitative estimate of drug-likeness (QED) is 0.713. The molecule has 0 saturated heterocycles. The van der Waals surface area contributed by atoms with Crippen molar-refractivity contribution < 1.29 is 14.4 Å². The number of fused-ring (bicyclic) bond motifs is 1. The second kappa shape index (κ2) is 5.96. The van der Waals surface area contributed by atoms with E-state index in [4.69, 9.17) is 0 Å². The van der Waals surface area contributed by atoms with Gasteiger partial charge in [0.2, 0.25) is 0 Å². The molecule has 2 N–H and O–H groups in total. The fraction of sp³-hybridized carbons (Fsp3) is 0.0526. The number of rotatable bonds is 3. The highest BCUT2D eigenvalue weighted by atomic mass is 16.2. The van der Waals surface area contributed by atoms with Crippen molar-refractivity contribution in [2.45, 2.75) is 0 Å². The number of benzene rings is 2. The summed E-state index contributed by atoms with van der Waals surface area (Å²) in [7, 11) is 1.42. The number of carbonyl (C=O) groups excluding carboxylic acids is 3. The molecule has 0 spiro atoms. The Kier molecular flexibility index (Phi) is 3.62. The van der Waals surface area contributed by atoms with Crippen molar-refractivity contribution in [1.82, 2.24) is 15.1 Å². The first-order valence-corrected chi connectivity index (χ1v) is 7.92. The Balaban J connectivity index is 1.59. The van der Waals surface area contributed by atoms with Gasteiger partial charge in [-0.05, 0) is 36.4 Å². The summed E-state index contributed by atoms with van der Waals surface area (Å²) in [6.07, 6.45) is 1.65. The van der Waals surface area contributed by atoms with Crippen LogP contribution in [-0.4, -0.2) is 39.9 Å². The third-order valence-electron chi connectivity index (χ3n) is 4.28. The molecule has 0 radical (unpaired) electrons. The lowest BCUT2D eigenvalue weighted by molar-refractivity contribution is 0.0693. The van der Waals surface area contributed by atoms with Crippen molar-refractivity contribution in [3.05, 3.63) is 71.4 Å². The number of carbonyl (C=O) groups is 3. The van der Waals surface area contributed by atoms with E-state index in [2.05, 4.69) is 15.5 Å². The Hall–Kier alpha value is -3.74. The summed E-state index contributed by atoms with van der Waals surface area (Å²) in [5.74, 6) is -1.12. The zero-order valence-corrected chi connectivity index (χ0v) is 13.8. The smallest absolute Gasteiger partial charge is 0.261 e. The molecule has 4 rings (SSSR count). The third-order valence-corrected chi connectivity index (χ3v) is 4.28. The van der Waals surface area contributed by atoms with E-state index in [0.29, 0.717) is 16.8 Å². The molecule has 7 nitrogen and oxygen atoms in total. The van der Waals surface area contributed by atoms with E-state index in [1.54, 1.807) is 12.3 Å². The third kappa shape index (κ3) is 2.55. The van der Waals surface area contributed by atoms with Gasteiger partial charge in [0.1, 0.15) is 0 Å². The van der Waals surface area contributed by atoms with Crippen molar-refractivity contribution in [2.75, 3.05) is 12.4 Å². The van der Waals surface area contributed by atoms with Crippen molar-refractivity contribution in [3.63, 3.8) is 0 Å². The summed E-state index contributed by atoms with van der Waals surface area (Å²) in [4.78, 5) is 37.6. The highest BCUT2D eigenvalue weighted by Crippen LogP contribution is 2.24. The molecule has 3 aromatic rings. The molecule has 7 heteroatoms. The number of nitrogens with zero attached hydrogens (tertiary/aromatic N) is 2. The van der Waals surface area contributed by atoms with Gasteiger partial charge in [-0.25, -0.2) is 0 Å². The maximum atomic E-state index is 12.5. The number of aromatic amines is 1. The molecule has 1 aliphatic rings. The number of anilines is 1. The number of nitrogens with one attached hydrogen (secondary N) is 2. The topological polar surface area (TPSA) is 95.2 Å². The Bertz CT molecular complexity index is 1040. The normalized spacial score (nSPS) is 13.0. The van der Waals surface area contributed by atoms with E-state index < -0.39 is 5.91 Å². The fourth-order valence-corrected chi connectivity index (χ4v) is 2.89. The summed E-state index contributed by atoms with van der Waals surface area (Å²) in [6, 6.07) is 13.7. The summed E-state index contributed by atoms with van der Waals surface area (Å²) in [6.45, 7) is 0. The van der Waals surface area contributed by atoms with Gasteiger partial charge in [0.05, 0.1) is 16.8 Å². The van der Waals surface area contributed by atoms with Gasteiger partial charge in [0.25, 0.3) is 17.7 Å². The van der Waals surface area contributed by atoms with E-state index in [-0.39, 0.29) is 17.4 Å². The Morgan fingerprint density at radius 3 is 2.62 bits per heavy atom. The van der Waals surface area contributed by atoms with Crippen LogP contribution in [0.5, 0.6) is 0 Å². The summed E-state index contributed by atoms with van der Waals surface area (Å²) >= 11 is 0. The van der Waals surface area contributed by atoms with Gasteiger partial charge in [-0.2, -0.15) is 5.10 Å². The highest BCUT2D eigenvalue weighted by molar-refractivity contribution is 6.22. The number of hydrogen-bond donors (Lipinski definition) is 2. The van der Waals surface area contributed by atoms with Gasteiger partial charge in [-0.1, -0.05) is 12.1 Å². The molecule has 26 heavy (non-hydrogen) atoms. The minimum Gasteiger partial charge on any atom is -0.322 e. The average molecular weight is 346 g/mol. The summed E-state index contributed by atoms with van der Waals surface area (Å²) in [5.41, 5.74) is 3.21. The lowest BCUT2D eigenvalue weighted by atomic mass is 10.0. The van der Waals surface area contributed by atoms with Crippen molar-refractivity contribution in [2.24, 2.45) is 0 Å². The van der Waals surface area contributed by atoms with Crippen LogP contribution in [0.1, 0.15) is 31.1 Å². The SMILES string of the molecule is CN1C(=O)c2ccc(C(=O)Nc3cccc(-c4ccn[nH]4)c3)cc2C1=O. The first-order chi connectivity index (χ1) is 12.5. The molecule has 0 bridgehead atoms. The average Bonchev–Trinajstić information content (AvgIpc) is 3.26. The van der Waals surface area contributed by atoms with Gasteiger partial charge in [0, 0.05) is 30.1 Å². The Morgan fingerprint density at radius 1 is 1.04 bits per heavy atom. The summed E-state index contributed by atoms with van der Waals surface area (Å²) in [5, 5.41) is 9.59. The van der Waals surface area contributed by atoms with Gasteiger partial charge >= 0.3 is 0 Å². The monoisotopic (exact) mass is 346 g/mol. The van der Waals surface area contributed by atoms with Crippen LogP contribution in [0.4, 0.5) is 5.69 Å². The molecule has 0 unspecified atom stereocenters. The zero-order valence-electron chi connectivity index (χ0n) is 13.8. The van der Waals surface area contributed by atoms with E-state index in [1.165, 1.54) is 25.2 Å². The predicted octanol–water partition coefficient (Wildman–Crippen LogP) is 2.55. The molecule has 2 aromatic carbocycles. The lowest BCUT2D eigenvalue weighted by Crippen LogP contribution is -2.24. The number of amides is 3. The van der Waals surface area contributed by atoms with Crippen LogP contribution in [0, 0.1) is 0 Å². The van der Waals surface area contributed by atoms with Gasteiger partial charge in [0.15, 0.2) is 0 Å². The molecule has 1 aromatic heterocycles. The molecular weight excluding hydrogens is 332 g/mol. The van der Waals surface area contributed by atoms with Gasteiger partial charge in [-0.3, -0.25) is 24.4 Å². The predicted molar refractivity (Wildman–Crippen MR) is 94.8 cm³/mol. The number of aromatic nitrogens is 2. The second-order valence-electron chi connectivity index (χ2n) is 5.93. The minimum atomic E-state index is -0.402. The molecule has 3 amide bonds. The van der Waals surface area contributed by atoms with Crippen LogP contribution in [0.3, 0.4) is 0 Å². The van der Waals surface area contributed by atoms with Crippen LogP contribution >= 0.6 is 0 Å². The Labute approximate surface area is 148 Å². The number of hydrogen-bond acceptors (Lipinski definition) is 4. The van der Waals surface area contributed by atoms with Crippen LogP contribution in [0.15, 0.2) is 54.7 Å². The van der Waals surface area contributed by atoms with Crippen LogP contribution < -0.4 is 5.32 Å². The lowest BCUT2D eigenvalue weighted by Gasteiger charge is -2.07. The minimum absolute atomic E-state index is 0.247. The molecular formula is C19H14N4O3. The maximum Gasteiger partial charge on any atom is 0.261 e. The largest absolute Gasteiger partial charge is 0.322 e. The standard InChI is InChI=1S/C19H14N4O3/c1-23-18(25)14-6-5-12(10-15(14)19(23)26)17(24)21-13-4-2-3-11(9-13)16-7-8-20-22-16/h2-10H,1H3,(H,20,22)(H,21,24). The molecule has 1 aliphatic heterocycles. The van der Waals surface area contributed by atoms with E-state index in [0.717, 1.165) is 16.2 Å². The fourth-order valence-electron chi connectivity index (χ4n) is 2.89. The van der Waals surface area contributed by atoms with Gasteiger partial charge in [-0.15, -0.1) is 0 Å². The van der Waals surface area contributed by atoms with E-state index >= 15 is 0 Å². The van der Waals surface area contributed by atoms with Crippen molar-refractivity contribution in [1.29, 1.82) is 0 Å². The molecule has 0 aliphatic carbocycles. The first-order valence-electron chi connectivity index (χ1n) is 7.92. The van der Waals surface area contributed by atoms with E-state index in [1.807, 2.05) is 24.3 Å². The number of imide groups is 1. The van der Waals surface area contributed by atoms with Crippen LogP contribution in [0.25, 0.3) is 11.3 Å². The highest BCUT2D eigenvalue weighted by Gasteiger charge is 2.33. The maximum absolute atomic E-state index is 12.5. The second-order valence-corrected chi connectivity index (χ2v) is 5.93. The molecule has 2 heterocycles. The molecule has 0 atom stereocenters. The molecule has 128 valence electrons. The first kappa shape index (κ1) is 15.8. The summed E-state index contributed by atoms with van der Waals surface area (Å²) < 4.78 is 0. The zero-order chi connectivity index (χ0) is 18.3. The van der Waals surface area contributed by atoms with Crippen LogP contribution in [0.2, 0.25) is 0 Å². The Morgan fingerprint density at radius 2 is 1.85 bits per heavy atom. The van der Waals surface area contributed by atoms with Crippen LogP contribution in [-0.2, 0) is 0 Å².